The molecule has 2 aromatic rings. The molecule has 0 aliphatic heterocycles. The summed E-state index contributed by atoms with van der Waals surface area (Å²) < 4.78 is 0. The Morgan fingerprint density at radius 2 is 1.67 bits per heavy atom. The van der Waals surface area contributed by atoms with Gasteiger partial charge >= 0.3 is 6.03 Å². The van der Waals surface area contributed by atoms with Crippen LogP contribution in [0.15, 0.2) is 48.5 Å². The first kappa shape index (κ1) is 15.7. The molecule has 0 fully saturated rings. The van der Waals surface area contributed by atoms with Gasteiger partial charge in [0.2, 0.25) is 0 Å². The summed E-state index contributed by atoms with van der Waals surface area (Å²) in [5.74, 6) is 0. The van der Waals surface area contributed by atoms with Crippen molar-refractivity contribution >= 4 is 29.2 Å². The van der Waals surface area contributed by atoms with Crippen molar-refractivity contribution in [2.75, 3.05) is 6.54 Å². The number of hydrogen-bond acceptors (Lipinski definition) is 1. The molecule has 2 N–H and O–H groups in total. The van der Waals surface area contributed by atoms with Crippen molar-refractivity contribution in [2.24, 2.45) is 0 Å². The Morgan fingerprint density at radius 3 is 2.38 bits per heavy atom. The predicted octanol–water partition coefficient (Wildman–Crippen LogP) is 4.04. The number of amides is 2. The molecule has 0 unspecified atom stereocenters. The summed E-state index contributed by atoms with van der Waals surface area (Å²) in [4.78, 5) is 11.7. The van der Waals surface area contributed by atoms with E-state index in [1.54, 1.807) is 6.07 Å². The summed E-state index contributed by atoms with van der Waals surface area (Å²) in [6.07, 6.45) is 0.766. The molecule has 0 saturated heterocycles. The molecular formula is C16H16Cl2N2O. The van der Waals surface area contributed by atoms with Crippen molar-refractivity contribution in [2.45, 2.75) is 13.0 Å². The lowest BCUT2D eigenvalue weighted by molar-refractivity contribution is 0.240. The Kier molecular flexibility index (Phi) is 5.90. The fraction of sp³-hybridized carbons (Fsp3) is 0.188. The van der Waals surface area contributed by atoms with Gasteiger partial charge < -0.3 is 10.6 Å². The van der Waals surface area contributed by atoms with Crippen LogP contribution in [0.25, 0.3) is 0 Å². The molecule has 21 heavy (non-hydrogen) atoms. The molecule has 0 bridgehead atoms. The molecule has 0 heterocycles. The summed E-state index contributed by atoms with van der Waals surface area (Å²) >= 11 is 11.7. The van der Waals surface area contributed by atoms with Gasteiger partial charge in [0.25, 0.3) is 0 Å². The van der Waals surface area contributed by atoms with Gasteiger partial charge in [-0.3, -0.25) is 0 Å². The Bertz CT molecular complexity index is 599. The van der Waals surface area contributed by atoms with Crippen LogP contribution in [0, 0.1) is 0 Å². The summed E-state index contributed by atoms with van der Waals surface area (Å²) in [5.41, 5.74) is 2.10. The average Bonchev–Trinajstić information content (AvgIpc) is 2.47. The average molecular weight is 323 g/mol. The second kappa shape index (κ2) is 7.91. The second-order valence-corrected chi connectivity index (χ2v) is 5.49. The molecule has 0 radical (unpaired) electrons. The smallest absolute Gasteiger partial charge is 0.315 e. The van der Waals surface area contributed by atoms with Crippen molar-refractivity contribution in [3.8, 4) is 0 Å². The van der Waals surface area contributed by atoms with Gasteiger partial charge in [-0.15, -0.1) is 0 Å². The van der Waals surface area contributed by atoms with E-state index in [1.807, 2.05) is 42.5 Å². The highest BCUT2D eigenvalue weighted by molar-refractivity contribution is 6.30. The maximum Gasteiger partial charge on any atom is 0.315 e. The third-order valence-electron chi connectivity index (χ3n) is 2.95. The van der Waals surface area contributed by atoms with Crippen molar-refractivity contribution < 1.29 is 4.79 Å². The minimum atomic E-state index is -0.191. The van der Waals surface area contributed by atoms with Crippen LogP contribution in [-0.4, -0.2) is 12.6 Å². The van der Waals surface area contributed by atoms with Crippen LogP contribution in [0.3, 0.4) is 0 Å². The van der Waals surface area contributed by atoms with Crippen molar-refractivity contribution in [3.63, 3.8) is 0 Å². The Labute approximate surface area is 134 Å². The number of carbonyl (C=O) groups excluding carboxylic acids is 1. The maximum absolute atomic E-state index is 11.7. The third kappa shape index (κ3) is 5.66. The molecule has 2 aromatic carbocycles. The van der Waals surface area contributed by atoms with Gasteiger partial charge in [0.05, 0.1) is 0 Å². The Hall–Kier alpha value is -1.71. The Balaban J connectivity index is 1.69. The van der Waals surface area contributed by atoms with E-state index in [9.17, 15) is 4.79 Å². The third-order valence-corrected chi connectivity index (χ3v) is 3.44. The van der Waals surface area contributed by atoms with Crippen LogP contribution >= 0.6 is 23.2 Å². The zero-order chi connectivity index (χ0) is 15.1. The minimum absolute atomic E-state index is 0.191. The number of halogens is 2. The molecule has 110 valence electrons. The van der Waals surface area contributed by atoms with E-state index in [1.165, 1.54) is 0 Å². The number of benzene rings is 2. The van der Waals surface area contributed by atoms with E-state index >= 15 is 0 Å². The van der Waals surface area contributed by atoms with Crippen LogP contribution in [0.5, 0.6) is 0 Å². The molecule has 0 spiro atoms. The number of rotatable bonds is 5. The molecule has 2 rings (SSSR count). The molecule has 5 heteroatoms. The van der Waals surface area contributed by atoms with Gasteiger partial charge in [-0.05, 0) is 41.8 Å². The minimum Gasteiger partial charge on any atom is -0.338 e. The first-order chi connectivity index (χ1) is 10.1. The lowest BCUT2D eigenvalue weighted by Crippen LogP contribution is -2.36. The van der Waals surface area contributed by atoms with Crippen LogP contribution < -0.4 is 10.6 Å². The maximum atomic E-state index is 11.7. The zero-order valence-electron chi connectivity index (χ0n) is 11.4. The predicted molar refractivity (Wildman–Crippen MR) is 86.8 cm³/mol. The lowest BCUT2D eigenvalue weighted by Gasteiger charge is -2.08. The molecule has 0 saturated carbocycles. The van der Waals surface area contributed by atoms with E-state index in [0.717, 1.165) is 17.5 Å². The van der Waals surface area contributed by atoms with Crippen LogP contribution in [0.1, 0.15) is 11.1 Å². The van der Waals surface area contributed by atoms with Crippen molar-refractivity contribution in [3.05, 3.63) is 69.7 Å². The first-order valence-corrected chi connectivity index (χ1v) is 7.39. The number of hydrogen-bond donors (Lipinski definition) is 2. The second-order valence-electron chi connectivity index (χ2n) is 4.62. The van der Waals surface area contributed by atoms with E-state index in [4.69, 9.17) is 23.2 Å². The number of nitrogens with one attached hydrogen (secondary N) is 2. The lowest BCUT2D eigenvalue weighted by atomic mass is 10.1. The van der Waals surface area contributed by atoms with E-state index in [-0.39, 0.29) is 6.03 Å². The topological polar surface area (TPSA) is 41.1 Å². The van der Waals surface area contributed by atoms with Gasteiger partial charge in [-0.2, -0.15) is 0 Å². The molecule has 0 atom stereocenters. The highest BCUT2D eigenvalue weighted by atomic mass is 35.5. The fourth-order valence-corrected chi connectivity index (χ4v) is 2.20. The van der Waals surface area contributed by atoms with E-state index < -0.39 is 0 Å². The Morgan fingerprint density at radius 1 is 0.905 bits per heavy atom. The van der Waals surface area contributed by atoms with E-state index in [2.05, 4.69) is 10.6 Å². The summed E-state index contributed by atoms with van der Waals surface area (Å²) in [6, 6.07) is 14.8. The number of carbonyl (C=O) groups is 1. The normalized spacial score (nSPS) is 10.2. The van der Waals surface area contributed by atoms with Crippen molar-refractivity contribution in [1.82, 2.24) is 10.6 Å². The zero-order valence-corrected chi connectivity index (χ0v) is 12.9. The molecule has 0 aliphatic rings. The van der Waals surface area contributed by atoms with Crippen molar-refractivity contribution in [1.29, 1.82) is 0 Å². The first-order valence-electron chi connectivity index (χ1n) is 6.64. The molecule has 3 nitrogen and oxygen atoms in total. The highest BCUT2D eigenvalue weighted by Gasteiger charge is 2.01. The van der Waals surface area contributed by atoms with Gasteiger partial charge in [-0.1, -0.05) is 47.5 Å². The number of urea groups is 1. The summed E-state index contributed by atoms with van der Waals surface area (Å²) in [5, 5.41) is 6.98. The summed E-state index contributed by atoms with van der Waals surface area (Å²) in [6.45, 7) is 1.02. The quantitative estimate of drug-likeness (QED) is 0.857. The highest BCUT2D eigenvalue weighted by Crippen LogP contribution is 2.10. The standard InChI is InChI=1S/C16H16Cl2N2O/c17-14-6-4-12(5-7-14)8-9-19-16(21)20-11-13-2-1-3-15(18)10-13/h1-7,10H,8-9,11H2,(H2,19,20,21). The van der Waals surface area contributed by atoms with Gasteiger partial charge in [0, 0.05) is 23.1 Å². The molecule has 2 amide bonds. The van der Waals surface area contributed by atoms with Crippen LogP contribution in [0.4, 0.5) is 4.79 Å². The van der Waals surface area contributed by atoms with Gasteiger partial charge in [0.15, 0.2) is 0 Å². The largest absolute Gasteiger partial charge is 0.338 e. The van der Waals surface area contributed by atoms with Crippen LogP contribution in [-0.2, 0) is 13.0 Å². The SMILES string of the molecule is O=C(NCCc1ccc(Cl)cc1)NCc1cccc(Cl)c1. The molecular weight excluding hydrogens is 307 g/mol. The monoisotopic (exact) mass is 322 g/mol. The van der Waals surface area contributed by atoms with Gasteiger partial charge in [0.1, 0.15) is 0 Å². The van der Waals surface area contributed by atoms with Gasteiger partial charge in [-0.25, -0.2) is 4.79 Å². The summed E-state index contributed by atoms with van der Waals surface area (Å²) in [7, 11) is 0. The molecule has 0 aromatic heterocycles. The molecule has 0 aliphatic carbocycles. The fourth-order valence-electron chi connectivity index (χ4n) is 1.86. The van der Waals surface area contributed by atoms with E-state index in [0.29, 0.717) is 23.1 Å². The van der Waals surface area contributed by atoms with Crippen LogP contribution in [0.2, 0.25) is 10.0 Å².